The van der Waals surface area contributed by atoms with Crippen LogP contribution in [0, 0.1) is 0 Å². The van der Waals surface area contributed by atoms with Crippen LogP contribution >= 0.6 is 0 Å². The van der Waals surface area contributed by atoms with Crippen molar-refractivity contribution in [2.75, 3.05) is 0 Å². The molecule has 0 radical (unpaired) electrons. The van der Waals surface area contributed by atoms with Crippen molar-refractivity contribution in [3.63, 3.8) is 0 Å². The predicted molar refractivity (Wildman–Crippen MR) is 72.8 cm³/mol. The molecule has 100 valence electrons. The zero-order valence-corrected chi connectivity index (χ0v) is 11.6. The summed E-state index contributed by atoms with van der Waals surface area (Å²) in [6.07, 6.45) is 0.461. The number of aliphatic hydroxyl groups is 1. The molecule has 1 aliphatic heterocycles. The highest BCUT2D eigenvalue weighted by atomic mass is 16.5. The van der Waals surface area contributed by atoms with E-state index in [1.807, 2.05) is 25.1 Å². The Bertz CT molecular complexity index is 415. The Morgan fingerprint density at radius 1 is 1.33 bits per heavy atom. The van der Waals surface area contributed by atoms with E-state index in [1.165, 1.54) is 5.56 Å². The molecule has 3 atom stereocenters. The summed E-state index contributed by atoms with van der Waals surface area (Å²) >= 11 is 0. The Kier molecular flexibility index (Phi) is 3.64. The number of benzene rings is 1. The van der Waals surface area contributed by atoms with Gasteiger partial charge in [-0.25, -0.2) is 0 Å². The van der Waals surface area contributed by atoms with Crippen LogP contribution in [0.4, 0.5) is 0 Å². The van der Waals surface area contributed by atoms with Crippen molar-refractivity contribution in [3.05, 3.63) is 29.8 Å². The van der Waals surface area contributed by atoms with Crippen LogP contribution in [0.3, 0.4) is 0 Å². The molecule has 2 N–H and O–H groups in total. The Morgan fingerprint density at radius 2 is 2.00 bits per heavy atom. The largest absolute Gasteiger partial charge is 0.486 e. The number of para-hydroxylation sites is 1. The second kappa shape index (κ2) is 4.90. The first-order chi connectivity index (χ1) is 8.40. The monoisotopic (exact) mass is 249 g/mol. The van der Waals surface area contributed by atoms with Gasteiger partial charge in [-0.2, -0.15) is 0 Å². The lowest BCUT2D eigenvalue weighted by atomic mass is 9.93. The number of hydrogen-bond acceptors (Lipinski definition) is 3. The third-order valence-corrected chi connectivity index (χ3v) is 3.44. The molecule has 2 rings (SSSR count). The molecule has 0 bridgehead atoms. The van der Waals surface area contributed by atoms with E-state index in [1.54, 1.807) is 0 Å². The Labute approximate surface area is 109 Å². The van der Waals surface area contributed by atoms with Crippen molar-refractivity contribution in [3.8, 4) is 5.75 Å². The zero-order valence-electron chi connectivity index (χ0n) is 11.6. The highest BCUT2D eigenvalue weighted by Gasteiger charge is 2.41. The highest BCUT2D eigenvalue weighted by Crippen LogP contribution is 2.42. The van der Waals surface area contributed by atoms with Crippen molar-refractivity contribution >= 4 is 0 Å². The van der Waals surface area contributed by atoms with Crippen LogP contribution < -0.4 is 10.1 Å². The van der Waals surface area contributed by atoms with Crippen molar-refractivity contribution in [1.82, 2.24) is 5.32 Å². The summed E-state index contributed by atoms with van der Waals surface area (Å²) in [4.78, 5) is 0. The summed E-state index contributed by atoms with van der Waals surface area (Å²) < 4.78 is 5.99. The van der Waals surface area contributed by atoms with Gasteiger partial charge in [0, 0.05) is 11.6 Å². The Morgan fingerprint density at radius 3 is 2.67 bits per heavy atom. The standard InChI is InChI=1S/C15H23NO2/c1-10(9-11(2)17)16-14-12-7-5-6-8-13(12)18-15(14,3)4/h5-8,10-11,14,16-17H,9H2,1-4H3. The van der Waals surface area contributed by atoms with Crippen LogP contribution in [0.25, 0.3) is 0 Å². The summed E-state index contributed by atoms with van der Waals surface area (Å²) in [6, 6.07) is 8.58. The molecule has 3 unspecified atom stereocenters. The van der Waals surface area contributed by atoms with Crippen molar-refractivity contribution in [1.29, 1.82) is 0 Å². The normalized spacial score (nSPS) is 24.2. The minimum absolute atomic E-state index is 0.169. The highest BCUT2D eigenvalue weighted by molar-refractivity contribution is 5.42. The smallest absolute Gasteiger partial charge is 0.125 e. The number of rotatable bonds is 4. The van der Waals surface area contributed by atoms with Crippen LogP contribution in [-0.2, 0) is 0 Å². The Hall–Kier alpha value is -1.06. The van der Waals surface area contributed by atoms with Gasteiger partial charge in [0.25, 0.3) is 0 Å². The molecule has 1 aromatic rings. The van der Waals surface area contributed by atoms with Crippen LogP contribution in [-0.4, -0.2) is 22.9 Å². The van der Waals surface area contributed by atoms with Crippen LogP contribution in [0.1, 0.15) is 45.7 Å². The first-order valence-corrected chi connectivity index (χ1v) is 6.62. The third kappa shape index (κ3) is 2.68. The number of ether oxygens (including phenoxy) is 1. The minimum atomic E-state index is -0.284. The van der Waals surface area contributed by atoms with Gasteiger partial charge in [-0.05, 0) is 40.2 Å². The fourth-order valence-corrected chi connectivity index (χ4v) is 2.68. The molecule has 0 spiro atoms. The second-order valence-electron chi connectivity index (χ2n) is 5.83. The maximum Gasteiger partial charge on any atom is 0.125 e. The van der Waals surface area contributed by atoms with E-state index in [-0.39, 0.29) is 23.8 Å². The molecule has 0 fully saturated rings. The number of nitrogens with one attached hydrogen (secondary N) is 1. The van der Waals surface area contributed by atoms with Gasteiger partial charge in [0.15, 0.2) is 0 Å². The zero-order chi connectivity index (χ0) is 13.3. The Balaban J connectivity index is 2.16. The molecular weight excluding hydrogens is 226 g/mol. The SMILES string of the molecule is CC(O)CC(C)NC1c2ccccc2OC1(C)C. The molecule has 3 nitrogen and oxygen atoms in total. The van der Waals surface area contributed by atoms with E-state index in [9.17, 15) is 5.11 Å². The van der Waals surface area contributed by atoms with Crippen molar-refractivity contribution in [2.45, 2.75) is 57.9 Å². The van der Waals surface area contributed by atoms with Crippen molar-refractivity contribution in [2.24, 2.45) is 0 Å². The van der Waals surface area contributed by atoms with Gasteiger partial charge in [-0.1, -0.05) is 18.2 Å². The molecular formula is C15H23NO2. The molecule has 0 saturated carbocycles. The molecule has 1 heterocycles. The maximum atomic E-state index is 9.45. The summed E-state index contributed by atoms with van der Waals surface area (Å²) in [5.74, 6) is 0.962. The quantitative estimate of drug-likeness (QED) is 0.862. The molecule has 0 saturated heterocycles. The molecule has 0 amide bonds. The summed E-state index contributed by atoms with van der Waals surface area (Å²) in [5, 5.41) is 13.0. The van der Waals surface area contributed by atoms with Crippen LogP contribution in [0.5, 0.6) is 5.75 Å². The lowest BCUT2D eigenvalue weighted by Crippen LogP contribution is -2.43. The molecule has 0 aromatic heterocycles. The van der Waals surface area contributed by atoms with Gasteiger partial charge >= 0.3 is 0 Å². The molecule has 1 aliphatic rings. The lowest BCUT2D eigenvalue weighted by Gasteiger charge is -2.30. The van der Waals surface area contributed by atoms with E-state index in [2.05, 4.69) is 32.2 Å². The van der Waals surface area contributed by atoms with Crippen LogP contribution in [0.2, 0.25) is 0 Å². The van der Waals surface area contributed by atoms with E-state index in [0.717, 1.165) is 12.2 Å². The topological polar surface area (TPSA) is 41.5 Å². The summed E-state index contributed by atoms with van der Waals surface area (Å²) in [5.41, 5.74) is 0.955. The molecule has 1 aromatic carbocycles. The van der Waals surface area contributed by atoms with Gasteiger partial charge in [-0.15, -0.1) is 0 Å². The minimum Gasteiger partial charge on any atom is -0.486 e. The second-order valence-corrected chi connectivity index (χ2v) is 5.83. The lowest BCUT2D eigenvalue weighted by molar-refractivity contribution is 0.0858. The maximum absolute atomic E-state index is 9.45. The number of aliphatic hydroxyl groups excluding tert-OH is 1. The first-order valence-electron chi connectivity index (χ1n) is 6.62. The number of hydrogen-bond donors (Lipinski definition) is 2. The van der Waals surface area contributed by atoms with E-state index >= 15 is 0 Å². The predicted octanol–water partition coefficient (Wildman–Crippen LogP) is 2.65. The fraction of sp³-hybridized carbons (Fsp3) is 0.600. The first kappa shape index (κ1) is 13.4. The number of fused-ring (bicyclic) bond motifs is 1. The molecule has 0 aliphatic carbocycles. The van der Waals surface area contributed by atoms with Gasteiger partial charge in [0.1, 0.15) is 11.4 Å². The van der Waals surface area contributed by atoms with Gasteiger partial charge in [-0.3, -0.25) is 0 Å². The average molecular weight is 249 g/mol. The fourth-order valence-electron chi connectivity index (χ4n) is 2.68. The average Bonchev–Trinajstić information content (AvgIpc) is 2.49. The molecule has 3 heteroatoms. The van der Waals surface area contributed by atoms with Crippen molar-refractivity contribution < 1.29 is 9.84 Å². The van der Waals surface area contributed by atoms with E-state index in [0.29, 0.717) is 0 Å². The van der Waals surface area contributed by atoms with Crippen LogP contribution in [0.15, 0.2) is 24.3 Å². The summed E-state index contributed by atoms with van der Waals surface area (Å²) in [6.45, 7) is 8.12. The van der Waals surface area contributed by atoms with E-state index < -0.39 is 0 Å². The van der Waals surface area contributed by atoms with Gasteiger partial charge < -0.3 is 15.2 Å². The van der Waals surface area contributed by atoms with E-state index in [4.69, 9.17) is 4.74 Å². The van der Waals surface area contributed by atoms with Gasteiger partial charge in [0.2, 0.25) is 0 Å². The molecule has 18 heavy (non-hydrogen) atoms. The summed E-state index contributed by atoms with van der Waals surface area (Å²) in [7, 11) is 0. The van der Waals surface area contributed by atoms with Gasteiger partial charge in [0.05, 0.1) is 12.1 Å². The third-order valence-electron chi connectivity index (χ3n) is 3.44.